The molecule has 6 saturated heterocycles. The van der Waals surface area contributed by atoms with E-state index in [1.807, 2.05) is 24.3 Å². The molecule has 662 valence electrons. The predicted octanol–water partition coefficient (Wildman–Crippen LogP) is -10.6. The van der Waals surface area contributed by atoms with E-state index in [0.29, 0.717) is 11.4 Å². The molecule has 6 aliphatic heterocycles. The second-order valence-corrected chi connectivity index (χ2v) is 27.2. The highest BCUT2D eigenvalue weighted by Gasteiger charge is 2.58. The fourth-order valence-corrected chi connectivity index (χ4v) is 14.1. The van der Waals surface area contributed by atoms with Crippen LogP contribution in [0.3, 0.4) is 0 Å². The van der Waals surface area contributed by atoms with E-state index in [1.165, 1.54) is 9.36 Å². The quantitative estimate of drug-likeness (QED) is 0.0396. The van der Waals surface area contributed by atoms with Crippen LogP contribution in [-0.4, -0.2) is 350 Å². The number of nitrogens with zero attached hydrogens (tertiary/aromatic N) is 6. The molecule has 112 heavy (non-hydrogen) atoms. The van der Waals surface area contributed by atoms with Crippen molar-refractivity contribution in [3.05, 3.63) is 59.2 Å². The zero-order valence-electron chi connectivity index (χ0n) is 59.3. The lowest BCUT2D eigenvalue weighted by Gasteiger charge is -2.47. The Bertz CT molecular complexity index is 2940. The van der Waals surface area contributed by atoms with Crippen molar-refractivity contribution in [3.63, 3.8) is 0 Å². The van der Waals surface area contributed by atoms with Gasteiger partial charge in [0.1, 0.15) is 134 Å². The number of nitrogens with two attached hydrogens (primary N) is 12. The van der Waals surface area contributed by atoms with E-state index in [9.17, 15) is 61.3 Å². The van der Waals surface area contributed by atoms with Crippen molar-refractivity contribution in [3.8, 4) is 0 Å². The number of rotatable bonds is 24. The molecule has 3 aromatic rings. The Labute approximate surface area is 717 Å². The number of benzene rings is 1. The smallest absolute Gasteiger partial charge is 0.187 e. The van der Waals surface area contributed by atoms with E-state index in [4.69, 9.17) is 126 Å². The Hall–Kier alpha value is -0.460. The zero-order chi connectivity index (χ0) is 72.0. The average molecular weight is 1870 g/mol. The van der Waals surface area contributed by atoms with Gasteiger partial charge in [0, 0.05) is 75.6 Å². The highest BCUT2D eigenvalue weighted by molar-refractivity contribution is 5.87. The van der Waals surface area contributed by atoms with Crippen LogP contribution in [0, 0.1) is 0 Å². The molecule has 0 amide bonds. The van der Waals surface area contributed by atoms with Gasteiger partial charge < -0.3 is 187 Å². The molecule has 1 aromatic carbocycles. The predicted molar refractivity (Wildman–Crippen MR) is 422 cm³/mol. The summed E-state index contributed by atoms with van der Waals surface area (Å²) in [6, 6.07) is -1.70. The van der Waals surface area contributed by atoms with Gasteiger partial charge in [-0.25, -0.2) is 9.36 Å². The maximum absolute atomic E-state index is 12.1. The average Bonchev–Trinajstić information content (AvgIpc) is 1.33. The van der Waals surface area contributed by atoms with Gasteiger partial charge in [-0.1, -0.05) is 34.7 Å². The van der Waals surface area contributed by atoms with Crippen LogP contribution in [0.4, 0.5) is 0 Å². The largest absolute Gasteiger partial charge is 0.389 e. The number of aliphatic hydroxyl groups excluding tert-OH is 12. The van der Waals surface area contributed by atoms with Crippen LogP contribution in [-0.2, 0) is 82.8 Å². The first-order valence-corrected chi connectivity index (χ1v) is 33.3. The number of hydrogen-bond donors (Lipinski definition) is 24. The zero-order valence-corrected chi connectivity index (χ0v) is 69.0. The van der Waals surface area contributed by atoms with E-state index < -0.39 is 233 Å². The summed E-state index contributed by atoms with van der Waals surface area (Å²) in [5.41, 5.74) is 76.9. The van der Waals surface area contributed by atoms with Gasteiger partial charge in [0.15, 0.2) is 37.7 Å². The SMILES string of the molecule is Cl.Cl.Cl.Cl.Cl.Cl.Cl.Cl.Cl.Cl.Cl.Cl.NC[C@@H]1O[C@@H](O[C@H]2[C@@H](O)[C@H](O[C@H]3[C@H](O)[C@@H](N)C[C@@H](N)[C@@H]3O[C@H]3O[C@H](CN)[C@@H](O)[C@H](O)[C@H]3N)O[C@@H]2Cn2cc(Cc3cccc(Cc4cn(C[C@H]5O[C@@H](O[C@@H]6[C@@H](O)[C@H](N)C[C@H](N)[C@H]6O[C@H]6O[C@H](CN)[C@@H](O)[C@H](O)[C@H]6N)[C@H](O)[C@@H]5O[C@@H]5O[C@H](CN)[C@H](O)[C@@H](O)[C@@H]5N)nn4)c3)nn2)[C@@H](N)[C@H](O)[C@H]1O. The third kappa shape index (κ3) is 24.9. The summed E-state index contributed by atoms with van der Waals surface area (Å²) in [7, 11) is 0. The molecule has 8 fully saturated rings. The van der Waals surface area contributed by atoms with Gasteiger partial charge in [-0.2, -0.15) is 0 Å². The molecule has 2 aliphatic carbocycles. The molecule has 11 rings (SSSR count). The molecule has 0 bridgehead atoms. The van der Waals surface area contributed by atoms with E-state index >= 15 is 0 Å². The minimum atomic E-state index is -1.72. The summed E-state index contributed by atoms with van der Waals surface area (Å²) in [5, 5.41) is 150. The lowest BCUT2D eigenvalue weighted by Crippen LogP contribution is -2.68. The minimum absolute atomic E-state index is 0. The first-order chi connectivity index (χ1) is 47.6. The monoisotopic (exact) mass is 1860 g/mol. The number of halogens is 12. The molecule has 0 unspecified atom stereocenters. The van der Waals surface area contributed by atoms with Crippen molar-refractivity contribution in [2.75, 3.05) is 26.2 Å². The van der Waals surface area contributed by atoms with Gasteiger partial charge >= 0.3 is 0 Å². The van der Waals surface area contributed by atoms with Gasteiger partial charge in [0.05, 0.1) is 60.9 Å². The molecule has 42 nitrogen and oxygen atoms in total. The summed E-state index contributed by atoms with van der Waals surface area (Å²) in [4.78, 5) is 0. The lowest BCUT2D eigenvalue weighted by atomic mass is 9.84. The summed E-state index contributed by atoms with van der Waals surface area (Å²) in [6.45, 7) is -1.26. The van der Waals surface area contributed by atoms with Crippen molar-refractivity contribution >= 4 is 149 Å². The molecule has 2 aromatic heterocycles. The summed E-state index contributed by atoms with van der Waals surface area (Å²) >= 11 is 0. The summed E-state index contributed by atoms with van der Waals surface area (Å²) in [5.74, 6) is 0. The maximum Gasteiger partial charge on any atom is 0.187 e. The second-order valence-electron chi connectivity index (χ2n) is 27.2. The fourth-order valence-electron chi connectivity index (χ4n) is 14.1. The first-order valence-electron chi connectivity index (χ1n) is 33.3. The van der Waals surface area contributed by atoms with E-state index in [-0.39, 0.29) is 214 Å². The topological polar surface area (TPSA) is 727 Å². The lowest BCUT2D eigenvalue weighted by molar-refractivity contribution is -0.306. The number of ether oxygens (including phenoxy) is 12. The third-order valence-corrected chi connectivity index (χ3v) is 20.1. The molecule has 38 atom stereocenters. The van der Waals surface area contributed by atoms with Crippen molar-refractivity contribution in [2.24, 2.45) is 68.8 Å². The van der Waals surface area contributed by atoms with Gasteiger partial charge in [-0.15, -0.1) is 159 Å². The van der Waals surface area contributed by atoms with Gasteiger partial charge in [-0.05, 0) is 24.0 Å². The Balaban J connectivity index is 0. The molecule has 0 radical (unpaired) electrons. The number of aliphatic hydroxyl groups is 12. The normalized spacial score (nSPS) is 42.2. The molecule has 0 spiro atoms. The molecule has 8 aliphatic rings. The van der Waals surface area contributed by atoms with Gasteiger partial charge in [0.2, 0.25) is 0 Å². The van der Waals surface area contributed by atoms with Crippen LogP contribution in [0.15, 0.2) is 36.7 Å². The molecule has 54 heteroatoms. The highest BCUT2D eigenvalue weighted by atomic mass is 35.5. The van der Waals surface area contributed by atoms with Crippen LogP contribution in [0.2, 0.25) is 0 Å². The van der Waals surface area contributed by atoms with Crippen LogP contribution < -0.4 is 68.8 Å². The van der Waals surface area contributed by atoms with Crippen LogP contribution >= 0.6 is 149 Å². The van der Waals surface area contributed by atoms with Crippen LogP contribution in [0.1, 0.15) is 35.4 Å². The second kappa shape index (κ2) is 49.6. The number of hydrogen-bond acceptors (Lipinski definition) is 40. The summed E-state index contributed by atoms with van der Waals surface area (Å²) in [6.07, 6.45) is -38.8. The van der Waals surface area contributed by atoms with E-state index in [2.05, 4.69) is 20.6 Å². The Morgan fingerprint density at radius 1 is 0.321 bits per heavy atom. The van der Waals surface area contributed by atoms with Crippen molar-refractivity contribution in [1.29, 1.82) is 0 Å². The number of aromatic nitrogens is 6. The van der Waals surface area contributed by atoms with Gasteiger partial charge in [-0.3, -0.25) is 0 Å². The van der Waals surface area contributed by atoms with Crippen molar-refractivity contribution < 1.29 is 118 Å². The Morgan fingerprint density at radius 3 is 0.857 bits per heavy atom. The fraction of sp³-hybridized carbons (Fsp3) is 0.828. The van der Waals surface area contributed by atoms with Crippen LogP contribution in [0.5, 0.6) is 0 Å². The molecular formula is C58H112Cl12N18O24. The Kier molecular flexibility index (Phi) is 50.3. The van der Waals surface area contributed by atoms with E-state index in [0.717, 1.165) is 11.1 Å². The van der Waals surface area contributed by atoms with Crippen molar-refractivity contribution in [1.82, 2.24) is 30.0 Å². The molecule has 8 heterocycles. The highest BCUT2D eigenvalue weighted by Crippen LogP contribution is 2.38. The van der Waals surface area contributed by atoms with Gasteiger partial charge in [0.25, 0.3) is 0 Å². The van der Waals surface area contributed by atoms with E-state index in [1.54, 1.807) is 12.4 Å². The third-order valence-electron chi connectivity index (χ3n) is 20.1. The Morgan fingerprint density at radius 2 is 0.580 bits per heavy atom. The standard InChI is InChI=1S/C58H100N18O24.12ClH/c59-9-25-37(79)41(83)31(67)53(89-25)95-47-23(65)7-21(63)35(77)51(47)99-57-45(87)49(97-55-33(69)43(85)39(81)27(11-61)91-55)29(93-57)15-75-13-19(71-73-75)5-17-2-1-3-18(4-17)6-20-14-76(74-72-20)16-30-50(98-56-34(70)44(86)40(82)28(12-62)92-56)46(88)58(94-30)100-52-36(78)22(64)8-24(66)48(52)96-54-32(68)42(84)38(80)26(10-60)90-54;;;;;;;;;;;;/h1-4,13-14,21-58,77-88H,5-12,15-16,59-70H2;12*1H/t21-,22+,23+,24-,25-,26-,27-,28+,29-,30-,31-,32-,33+,34+,35+,36-,37-,38-,39+,40+,41-,42-,43+,44+,45-,46-,47-,48+,49-,50-,51-,52+,53-,54-,55+,56+,57+,58+;;;;;;;;;;;;/m1............/s1. The molecule has 2 saturated carbocycles. The summed E-state index contributed by atoms with van der Waals surface area (Å²) < 4.78 is 76.7. The molecular weight excluding hydrogens is 1760 g/mol. The maximum atomic E-state index is 12.1. The minimum Gasteiger partial charge on any atom is -0.389 e. The van der Waals surface area contributed by atoms with Crippen molar-refractivity contribution in [2.45, 2.75) is 271 Å². The molecule has 36 N–H and O–H groups in total. The van der Waals surface area contributed by atoms with Crippen LogP contribution in [0.25, 0.3) is 0 Å². The first kappa shape index (κ1) is 114.